The van der Waals surface area contributed by atoms with Gasteiger partial charge in [-0.1, -0.05) is 37.8 Å². The van der Waals surface area contributed by atoms with Gasteiger partial charge in [0.15, 0.2) is 5.78 Å². The van der Waals surface area contributed by atoms with Crippen molar-refractivity contribution in [1.82, 2.24) is 14.5 Å². The zero-order chi connectivity index (χ0) is 18.4. The Labute approximate surface area is 150 Å². The highest BCUT2D eigenvalue weighted by atomic mass is 32.2. The van der Waals surface area contributed by atoms with Crippen LogP contribution in [0.2, 0.25) is 0 Å². The molecular weight excluding hydrogens is 348 g/mol. The normalized spacial score (nSPS) is 10.9. The van der Waals surface area contributed by atoms with Gasteiger partial charge in [-0.15, -0.1) is 0 Å². The molecule has 134 valence electrons. The van der Waals surface area contributed by atoms with Crippen molar-refractivity contribution in [2.24, 2.45) is 5.92 Å². The van der Waals surface area contributed by atoms with E-state index in [4.69, 9.17) is 18.0 Å². The first-order valence-corrected chi connectivity index (χ1v) is 9.19. The van der Waals surface area contributed by atoms with Gasteiger partial charge in [0, 0.05) is 19.6 Å². The molecule has 0 aliphatic carbocycles. The Bertz CT molecular complexity index is 720. The Morgan fingerprint density at radius 3 is 2.42 bits per heavy atom. The second kappa shape index (κ2) is 9.03. The molecule has 1 heterocycles. The van der Waals surface area contributed by atoms with Crippen LogP contribution in [0.4, 0.5) is 5.82 Å². The van der Waals surface area contributed by atoms with E-state index in [-0.39, 0.29) is 23.1 Å². The highest BCUT2D eigenvalue weighted by Crippen LogP contribution is 2.14. The average molecular weight is 373 g/mol. The molecule has 1 rings (SSSR count). The predicted molar refractivity (Wildman–Crippen MR) is 103 cm³/mol. The van der Waals surface area contributed by atoms with E-state index in [1.54, 1.807) is 0 Å². The minimum absolute atomic E-state index is 0.00248. The maximum Gasteiger partial charge on any atom is 0.329 e. The summed E-state index contributed by atoms with van der Waals surface area (Å²) in [5.74, 6) is -0.381. The third-order valence-electron chi connectivity index (χ3n) is 3.41. The fraction of sp³-hybridized carbons (Fsp3) is 0.600. The summed E-state index contributed by atoms with van der Waals surface area (Å²) in [6.45, 7) is 9.60. The molecule has 0 saturated carbocycles. The summed E-state index contributed by atoms with van der Waals surface area (Å²) >= 11 is 6.47. The minimum atomic E-state index is -0.753. The van der Waals surface area contributed by atoms with Crippen molar-refractivity contribution in [3.8, 4) is 0 Å². The molecule has 0 aliphatic rings. The van der Waals surface area contributed by atoms with Gasteiger partial charge in [-0.2, -0.15) is 0 Å². The zero-order valence-corrected chi connectivity index (χ0v) is 16.1. The fourth-order valence-corrected chi connectivity index (χ4v) is 3.45. The lowest BCUT2D eigenvalue weighted by Gasteiger charge is -2.20. The van der Waals surface area contributed by atoms with Gasteiger partial charge in [0.1, 0.15) is 15.7 Å². The van der Waals surface area contributed by atoms with Crippen molar-refractivity contribution in [2.75, 3.05) is 24.6 Å². The van der Waals surface area contributed by atoms with Crippen molar-refractivity contribution in [3.63, 3.8) is 0 Å². The second-order valence-corrected chi connectivity index (χ2v) is 7.28. The van der Waals surface area contributed by atoms with Crippen LogP contribution in [0.1, 0.15) is 38.1 Å². The first kappa shape index (κ1) is 20.4. The summed E-state index contributed by atoms with van der Waals surface area (Å²) in [5.41, 5.74) is 4.39. The molecule has 0 atom stereocenters. The summed E-state index contributed by atoms with van der Waals surface area (Å²) in [6.07, 6.45) is 0. The lowest BCUT2D eigenvalue weighted by molar-refractivity contribution is 0.102. The predicted octanol–water partition coefficient (Wildman–Crippen LogP) is 1.32. The number of rotatable bonds is 7. The van der Waals surface area contributed by atoms with Crippen LogP contribution in [-0.4, -0.2) is 43.4 Å². The summed E-state index contributed by atoms with van der Waals surface area (Å²) in [5, 5.41) is 0. The van der Waals surface area contributed by atoms with Crippen LogP contribution in [0.15, 0.2) is 9.59 Å². The van der Waals surface area contributed by atoms with E-state index in [0.717, 1.165) is 13.1 Å². The lowest BCUT2D eigenvalue weighted by Crippen LogP contribution is -2.37. The zero-order valence-electron chi connectivity index (χ0n) is 14.4. The van der Waals surface area contributed by atoms with Gasteiger partial charge in [0.25, 0.3) is 5.56 Å². The monoisotopic (exact) mass is 372 g/mol. The van der Waals surface area contributed by atoms with Crippen molar-refractivity contribution < 1.29 is 4.79 Å². The maximum absolute atomic E-state index is 12.4. The molecule has 0 radical (unpaired) electrons. The Kier molecular flexibility index (Phi) is 7.68. The van der Waals surface area contributed by atoms with Gasteiger partial charge in [-0.25, -0.2) is 4.79 Å². The van der Waals surface area contributed by atoms with Gasteiger partial charge in [0.2, 0.25) is 0 Å². The van der Waals surface area contributed by atoms with Crippen molar-refractivity contribution >= 4 is 39.9 Å². The summed E-state index contributed by atoms with van der Waals surface area (Å²) in [6, 6.07) is 0. The minimum Gasteiger partial charge on any atom is -0.384 e. The molecule has 0 aromatic carbocycles. The van der Waals surface area contributed by atoms with E-state index in [1.165, 1.54) is 16.3 Å². The number of carbonyl (C=O) groups excluding carboxylic acids is 1. The van der Waals surface area contributed by atoms with Crippen LogP contribution in [0, 0.1) is 5.92 Å². The van der Waals surface area contributed by atoms with Gasteiger partial charge < -0.3 is 10.6 Å². The summed E-state index contributed by atoms with van der Waals surface area (Å²) in [4.78, 5) is 40.4. The van der Waals surface area contributed by atoms with Gasteiger partial charge in [-0.05, 0) is 19.8 Å². The number of thioether (sulfide) groups is 1. The number of hydrogen-bond donors (Lipinski definition) is 2. The molecule has 0 unspecified atom stereocenters. The largest absolute Gasteiger partial charge is 0.384 e. The highest BCUT2D eigenvalue weighted by Gasteiger charge is 2.20. The molecule has 9 heteroatoms. The smallest absolute Gasteiger partial charge is 0.329 e. The van der Waals surface area contributed by atoms with E-state index >= 15 is 0 Å². The first-order chi connectivity index (χ1) is 11.2. The molecule has 0 saturated heterocycles. The molecule has 0 amide bonds. The Balaban J connectivity index is 3.05. The number of H-pyrrole nitrogens is 1. The number of nitrogens with one attached hydrogen (secondary N) is 1. The van der Waals surface area contributed by atoms with Crippen LogP contribution in [0.5, 0.6) is 0 Å². The first-order valence-electron chi connectivity index (χ1n) is 7.80. The maximum atomic E-state index is 12.4. The number of Topliss-reactive ketones (excluding diaryl/α,β-unsaturated/α-hetero) is 1. The summed E-state index contributed by atoms with van der Waals surface area (Å²) < 4.78 is 1.83. The number of anilines is 1. The van der Waals surface area contributed by atoms with E-state index in [0.29, 0.717) is 10.9 Å². The number of ketones is 1. The SMILES string of the molecule is CCN(CC)C(=S)SCC(=O)c1c(N)n(CC(C)C)c(=O)[nH]c1=O. The number of nitrogens with two attached hydrogens (primary N) is 1. The standard InChI is InChI=1S/C15H24N4O3S2/c1-5-18(6-2)15(23)24-8-10(20)11-12(16)19(7-9(3)4)14(22)17-13(11)21/h9H,5-8,16H2,1-4H3,(H,17,21,22). The van der Waals surface area contributed by atoms with Gasteiger partial charge in [0.05, 0.1) is 5.75 Å². The van der Waals surface area contributed by atoms with Crippen LogP contribution < -0.4 is 17.0 Å². The number of carbonyl (C=O) groups is 1. The van der Waals surface area contributed by atoms with Crippen molar-refractivity contribution in [2.45, 2.75) is 34.2 Å². The molecule has 0 aliphatic heterocycles. The third kappa shape index (κ3) is 4.94. The van der Waals surface area contributed by atoms with Crippen LogP contribution in [-0.2, 0) is 6.54 Å². The highest BCUT2D eigenvalue weighted by molar-refractivity contribution is 8.23. The average Bonchev–Trinajstić information content (AvgIpc) is 2.50. The molecule has 0 fully saturated rings. The third-order valence-corrected chi connectivity index (χ3v) is 4.94. The molecular formula is C15H24N4O3S2. The number of aromatic amines is 1. The number of nitrogens with zero attached hydrogens (tertiary/aromatic N) is 2. The number of thiocarbonyl (C=S) groups is 1. The molecule has 1 aromatic rings. The van der Waals surface area contributed by atoms with Crippen LogP contribution in [0.25, 0.3) is 0 Å². The van der Waals surface area contributed by atoms with Crippen molar-refractivity contribution in [3.05, 3.63) is 26.4 Å². The molecule has 0 spiro atoms. The fourth-order valence-electron chi connectivity index (χ4n) is 2.18. The van der Waals surface area contributed by atoms with Crippen LogP contribution >= 0.6 is 24.0 Å². The van der Waals surface area contributed by atoms with Crippen LogP contribution in [0.3, 0.4) is 0 Å². The van der Waals surface area contributed by atoms with E-state index in [2.05, 4.69) is 4.98 Å². The van der Waals surface area contributed by atoms with E-state index in [9.17, 15) is 14.4 Å². The second-order valence-electron chi connectivity index (χ2n) is 5.67. The number of aromatic nitrogens is 2. The Morgan fingerprint density at radius 1 is 1.33 bits per heavy atom. The molecule has 24 heavy (non-hydrogen) atoms. The van der Waals surface area contributed by atoms with Crippen molar-refractivity contribution in [1.29, 1.82) is 0 Å². The molecule has 7 nitrogen and oxygen atoms in total. The molecule has 3 N–H and O–H groups in total. The topological polar surface area (TPSA) is 101 Å². The summed E-state index contributed by atoms with van der Waals surface area (Å²) in [7, 11) is 0. The molecule has 1 aromatic heterocycles. The van der Waals surface area contributed by atoms with E-state index < -0.39 is 17.0 Å². The Hall–Kier alpha value is -1.61. The lowest BCUT2D eigenvalue weighted by atomic mass is 10.2. The van der Waals surface area contributed by atoms with Gasteiger partial charge in [-0.3, -0.25) is 19.1 Å². The number of nitrogen functional groups attached to an aromatic ring is 1. The Morgan fingerprint density at radius 2 is 1.92 bits per heavy atom. The van der Waals surface area contributed by atoms with Gasteiger partial charge >= 0.3 is 5.69 Å². The molecule has 0 bridgehead atoms. The number of hydrogen-bond acceptors (Lipinski definition) is 6. The quantitative estimate of drug-likeness (QED) is 0.550. The van der Waals surface area contributed by atoms with E-state index in [1.807, 2.05) is 32.6 Å².